The van der Waals surface area contributed by atoms with Crippen LogP contribution < -0.4 is 5.32 Å². The van der Waals surface area contributed by atoms with E-state index < -0.39 is 17.8 Å². The quantitative estimate of drug-likeness (QED) is 0.647. The van der Waals surface area contributed by atoms with Gasteiger partial charge in [0.2, 0.25) is 0 Å². The third-order valence-corrected chi connectivity index (χ3v) is 3.88. The molecule has 1 aromatic heterocycles. The first-order valence-electron chi connectivity index (χ1n) is 6.06. The summed E-state index contributed by atoms with van der Waals surface area (Å²) in [6.45, 7) is 0. The van der Waals surface area contributed by atoms with Crippen molar-refractivity contribution in [3.63, 3.8) is 0 Å². The molecular weight excluding hydrogens is 337 g/mol. The minimum Gasteiger partial charge on any atom is -0.321 e. The number of halogens is 4. The number of rotatable bonds is 4. The van der Waals surface area contributed by atoms with Crippen LogP contribution >= 0.6 is 23.4 Å². The summed E-state index contributed by atoms with van der Waals surface area (Å²) < 4.78 is 36.9. The van der Waals surface area contributed by atoms with Gasteiger partial charge in [0.25, 0.3) is 5.91 Å². The van der Waals surface area contributed by atoms with E-state index in [-0.39, 0.29) is 10.7 Å². The predicted molar refractivity (Wildman–Crippen MR) is 80.4 cm³/mol. The Morgan fingerprint density at radius 2 is 1.95 bits per heavy atom. The largest absolute Gasteiger partial charge is 0.398 e. The highest BCUT2D eigenvalue weighted by Crippen LogP contribution is 2.32. The molecule has 0 fully saturated rings. The fourth-order valence-corrected chi connectivity index (χ4v) is 2.44. The van der Waals surface area contributed by atoms with E-state index in [2.05, 4.69) is 10.3 Å². The Hall–Kier alpha value is -1.73. The number of carbonyl (C=O) groups is 1. The predicted octanol–water partition coefficient (Wildman–Crippen LogP) is 4.64. The lowest BCUT2D eigenvalue weighted by atomic mass is 10.2. The maximum Gasteiger partial charge on any atom is 0.398 e. The summed E-state index contributed by atoms with van der Waals surface area (Å²) >= 11 is 6.25. The van der Waals surface area contributed by atoms with Crippen molar-refractivity contribution >= 4 is 35.0 Å². The lowest BCUT2D eigenvalue weighted by molar-refractivity contribution is -0.105. The van der Waals surface area contributed by atoms with Gasteiger partial charge in [-0.3, -0.25) is 4.79 Å². The zero-order chi connectivity index (χ0) is 16.2. The van der Waals surface area contributed by atoms with E-state index in [1.54, 1.807) is 18.2 Å². The number of nitrogens with one attached hydrogen (secondary N) is 1. The highest BCUT2D eigenvalue weighted by Gasteiger charge is 2.27. The van der Waals surface area contributed by atoms with Gasteiger partial charge >= 0.3 is 6.18 Å². The molecule has 0 aliphatic rings. The van der Waals surface area contributed by atoms with Gasteiger partial charge in [0, 0.05) is 11.1 Å². The van der Waals surface area contributed by atoms with Gasteiger partial charge in [-0.1, -0.05) is 23.7 Å². The van der Waals surface area contributed by atoms with E-state index >= 15 is 0 Å². The fraction of sp³-hybridized carbons (Fsp3) is 0.143. The molecule has 1 aromatic carbocycles. The highest BCUT2D eigenvalue weighted by atomic mass is 35.5. The number of hydrogen-bond donors (Lipinski definition) is 1. The summed E-state index contributed by atoms with van der Waals surface area (Å²) in [6.07, 6.45) is -2.98. The Labute approximate surface area is 133 Å². The maximum absolute atomic E-state index is 12.3. The molecule has 0 unspecified atom stereocenters. The second-order valence-corrected chi connectivity index (χ2v) is 5.63. The van der Waals surface area contributed by atoms with Crippen LogP contribution in [0.3, 0.4) is 0 Å². The number of aromatic nitrogens is 1. The first kappa shape index (κ1) is 16.6. The molecule has 2 aromatic rings. The molecule has 3 nitrogen and oxygen atoms in total. The van der Waals surface area contributed by atoms with Gasteiger partial charge in [0.15, 0.2) is 0 Å². The van der Waals surface area contributed by atoms with Crippen LogP contribution in [0.1, 0.15) is 10.4 Å². The summed E-state index contributed by atoms with van der Waals surface area (Å²) in [5, 5.41) is 2.82. The molecule has 0 saturated heterocycles. The number of nitrogens with zero attached hydrogens (tertiary/aromatic N) is 1. The number of anilines is 1. The molecule has 2 rings (SSSR count). The van der Waals surface area contributed by atoms with Crippen molar-refractivity contribution in [3.05, 3.63) is 53.3 Å². The molecule has 0 atom stereocenters. The summed E-state index contributed by atoms with van der Waals surface area (Å²) in [5.41, 5.74) is 0.580. The number of carbonyl (C=O) groups excluding carboxylic acids is 1. The number of pyridine rings is 1. The van der Waals surface area contributed by atoms with E-state index in [4.69, 9.17) is 11.6 Å². The van der Waals surface area contributed by atoms with E-state index in [1.807, 2.05) is 0 Å². The first-order valence-corrected chi connectivity index (χ1v) is 7.43. The van der Waals surface area contributed by atoms with Crippen LogP contribution in [0.5, 0.6) is 0 Å². The zero-order valence-electron chi connectivity index (χ0n) is 11.0. The van der Waals surface area contributed by atoms with Crippen molar-refractivity contribution in [3.8, 4) is 0 Å². The van der Waals surface area contributed by atoms with Crippen LogP contribution in [0.4, 0.5) is 18.9 Å². The van der Waals surface area contributed by atoms with Crippen molar-refractivity contribution in [2.75, 3.05) is 11.1 Å². The Morgan fingerprint density at radius 1 is 1.23 bits per heavy atom. The van der Waals surface area contributed by atoms with E-state index in [9.17, 15) is 18.0 Å². The van der Waals surface area contributed by atoms with Gasteiger partial charge in [0.05, 0.1) is 17.0 Å². The SMILES string of the molecule is O=C(Nc1ccccc1SCC(F)(F)F)c1ccc(Cl)nc1. The second-order valence-electron chi connectivity index (χ2n) is 4.22. The zero-order valence-corrected chi connectivity index (χ0v) is 12.6. The van der Waals surface area contributed by atoms with Crippen LogP contribution in [0.15, 0.2) is 47.5 Å². The molecule has 0 aliphatic carbocycles. The second kappa shape index (κ2) is 7.02. The van der Waals surface area contributed by atoms with Gasteiger partial charge < -0.3 is 5.32 Å². The number of thioether (sulfide) groups is 1. The minimum absolute atomic E-state index is 0.248. The number of amides is 1. The van der Waals surface area contributed by atoms with Crippen molar-refractivity contribution < 1.29 is 18.0 Å². The van der Waals surface area contributed by atoms with Gasteiger partial charge in [-0.2, -0.15) is 13.2 Å². The first-order chi connectivity index (χ1) is 10.3. The summed E-state index contributed by atoms with van der Waals surface area (Å²) in [5.74, 6) is -1.49. The molecule has 1 amide bonds. The summed E-state index contributed by atoms with van der Waals surface area (Å²) in [6, 6.07) is 9.24. The van der Waals surface area contributed by atoms with Gasteiger partial charge in [-0.05, 0) is 24.3 Å². The van der Waals surface area contributed by atoms with Gasteiger partial charge in [-0.15, -0.1) is 11.8 Å². The van der Waals surface area contributed by atoms with Crippen molar-refractivity contribution in [1.29, 1.82) is 0 Å². The lowest BCUT2D eigenvalue weighted by Crippen LogP contribution is -2.14. The standard InChI is InChI=1S/C14H10ClF3N2OS/c15-12-6-5-9(7-19-12)13(21)20-10-3-1-2-4-11(10)22-8-14(16,17)18/h1-7H,8H2,(H,20,21). The molecule has 0 aliphatic heterocycles. The third kappa shape index (κ3) is 4.92. The average Bonchev–Trinajstić information content (AvgIpc) is 2.46. The molecule has 0 spiro atoms. The Balaban J connectivity index is 2.12. The smallest absolute Gasteiger partial charge is 0.321 e. The Morgan fingerprint density at radius 3 is 2.59 bits per heavy atom. The van der Waals surface area contributed by atoms with Crippen LogP contribution in [-0.4, -0.2) is 22.8 Å². The summed E-state index contributed by atoms with van der Waals surface area (Å²) in [4.78, 5) is 16.2. The summed E-state index contributed by atoms with van der Waals surface area (Å²) in [7, 11) is 0. The Kier molecular flexibility index (Phi) is 5.31. The van der Waals surface area contributed by atoms with Crippen LogP contribution in [0.2, 0.25) is 5.15 Å². The molecule has 0 bridgehead atoms. The number of alkyl halides is 3. The molecule has 0 saturated carbocycles. The molecule has 0 radical (unpaired) electrons. The number of benzene rings is 1. The fourth-order valence-electron chi connectivity index (χ4n) is 1.56. The maximum atomic E-state index is 12.3. The van der Waals surface area contributed by atoms with E-state index in [0.717, 1.165) is 0 Å². The van der Waals surface area contributed by atoms with Crippen molar-refractivity contribution in [1.82, 2.24) is 4.98 Å². The molecule has 8 heteroatoms. The topological polar surface area (TPSA) is 42.0 Å². The molecule has 1 heterocycles. The minimum atomic E-state index is -4.28. The van der Waals surface area contributed by atoms with Gasteiger partial charge in [-0.25, -0.2) is 4.98 Å². The highest BCUT2D eigenvalue weighted by molar-refractivity contribution is 7.99. The normalized spacial score (nSPS) is 11.3. The molecule has 116 valence electrons. The van der Waals surface area contributed by atoms with E-state index in [0.29, 0.717) is 22.3 Å². The average molecular weight is 347 g/mol. The third-order valence-electron chi connectivity index (χ3n) is 2.52. The van der Waals surface area contributed by atoms with Crippen LogP contribution in [0.25, 0.3) is 0 Å². The monoisotopic (exact) mass is 346 g/mol. The molecule has 1 N–H and O–H groups in total. The van der Waals surface area contributed by atoms with Gasteiger partial charge in [0.1, 0.15) is 5.15 Å². The van der Waals surface area contributed by atoms with Crippen LogP contribution in [-0.2, 0) is 0 Å². The van der Waals surface area contributed by atoms with Crippen molar-refractivity contribution in [2.45, 2.75) is 11.1 Å². The lowest BCUT2D eigenvalue weighted by Gasteiger charge is -2.11. The number of hydrogen-bond acceptors (Lipinski definition) is 3. The van der Waals surface area contributed by atoms with Crippen molar-refractivity contribution in [2.24, 2.45) is 0 Å². The van der Waals surface area contributed by atoms with Crippen LogP contribution in [0, 0.1) is 0 Å². The molecular formula is C14H10ClF3N2OS. The van der Waals surface area contributed by atoms with E-state index in [1.165, 1.54) is 24.4 Å². The molecule has 22 heavy (non-hydrogen) atoms. The number of para-hydroxylation sites is 1. The Bertz CT molecular complexity index is 662.